The maximum Gasteiger partial charge on any atom is 0.283 e. The molecule has 6 nitrogen and oxygen atoms in total. The fraction of sp³-hybridized carbons (Fsp3) is 0.0556. The molecule has 0 fully saturated rings. The molecule has 124 valence electrons. The Labute approximate surface area is 146 Å². The number of furan rings is 1. The highest BCUT2D eigenvalue weighted by molar-refractivity contribution is 7.17. The van der Waals surface area contributed by atoms with Gasteiger partial charge in [-0.15, -0.1) is 11.3 Å². The topological polar surface area (TPSA) is 69.6 Å². The van der Waals surface area contributed by atoms with Crippen LogP contribution >= 0.6 is 11.3 Å². The molecule has 1 aromatic carbocycles. The lowest BCUT2D eigenvalue weighted by Gasteiger charge is -2.03. The number of benzene rings is 1. The zero-order valence-electron chi connectivity index (χ0n) is 13.2. The van der Waals surface area contributed by atoms with Crippen molar-refractivity contribution in [3.63, 3.8) is 0 Å². The van der Waals surface area contributed by atoms with Gasteiger partial charge in [-0.05, 0) is 24.3 Å². The lowest BCUT2D eigenvalue weighted by Crippen LogP contribution is -2.16. The third-order valence-electron chi connectivity index (χ3n) is 3.72. The first-order chi connectivity index (χ1) is 12.3. The maximum atomic E-state index is 12.8. The molecular formula is C18H13N3O3S. The van der Waals surface area contributed by atoms with Crippen LogP contribution in [-0.4, -0.2) is 23.0 Å². The van der Waals surface area contributed by atoms with E-state index in [1.165, 1.54) is 22.3 Å². The second-order valence-electron chi connectivity index (χ2n) is 5.19. The summed E-state index contributed by atoms with van der Waals surface area (Å²) in [5.74, 6) is 1.32. The number of hydrogen-bond donors (Lipinski definition) is 0. The van der Waals surface area contributed by atoms with Crippen LogP contribution in [0.4, 0.5) is 0 Å². The van der Waals surface area contributed by atoms with Gasteiger partial charge in [-0.2, -0.15) is 9.78 Å². The van der Waals surface area contributed by atoms with E-state index in [4.69, 9.17) is 9.15 Å². The Balaban J connectivity index is 1.81. The van der Waals surface area contributed by atoms with Crippen molar-refractivity contribution in [2.75, 3.05) is 7.11 Å². The lowest BCUT2D eigenvalue weighted by molar-refractivity contribution is 0.414. The molecule has 0 aliphatic carbocycles. The van der Waals surface area contributed by atoms with Crippen LogP contribution in [0.1, 0.15) is 5.56 Å². The number of fused-ring (bicyclic) bond motifs is 1. The summed E-state index contributed by atoms with van der Waals surface area (Å²) in [6.45, 7) is 0. The van der Waals surface area contributed by atoms with E-state index in [1.54, 1.807) is 25.7 Å². The van der Waals surface area contributed by atoms with Crippen molar-refractivity contribution in [1.82, 2.24) is 9.66 Å². The monoisotopic (exact) mass is 351 g/mol. The van der Waals surface area contributed by atoms with Gasteiger partial charge in [0.25, 0.3) is 5.56 Å². The fourth-order valence-corrected chi connectivity index (χ4v) is 3.40. The van der Waals surface area contributed by atoms with E-state index in [-0.39, 0.29) is 5.56 Å². The summed E-state index contributed by atoms with van der Waals surface area (Å²) in [5, 5.41) is 6.61. The normalized spacial score (nSPS) is 11.4. The Kier molecular flexibility index (Phi) is 3.91. The van der Waals surface area contributed by atoms with E-state index >= 15 is 0 Å². The minimum atomic E-state index is -0.246. The molecule has 0 aliphatic heterocycles. The highest BCUT2D eigenvalue weighted by Gasteiger charge is 2.14. The average molecular weight is 351 g/mol. The zero-order chi connectivity index (χ0) is 17.2. The third kappa shape index (κ3) is 2.74. The molecular weight excluding hydrogens is 338 g/mol. The van der Waals surface area contributed by atoms with E-state index in [2.05, 4.69) is 10.1 Å². The molecule has 3 heterocycles. The SMILES string of the molecule is COc1ccccc1/C=N\n1cnc2scc(-c3ccco3)c2c1=O. The van der Waals surface area contributed by atoms with Crippen LogP contribution in [-0.2, 0) is 0 Å². The molecule has 0 spiro atoms. The number of hydrogen-bond acceptors (Lipinski definition) is 6. The van der Waals surface area contributed by atoms with Crippen molar-refractivity contribution in [2.45, 2.75) is 0 Å². The summed E-state index contributed by atoms with van der Waals surface area (Å²) in [6.07, 6.45) is 4.57. The first kappa shape index (κ1) is 15.3. The minimum Gasteiger partial charge on any atom is -0.496 e. The van der Waals surface area contributed by atoms with Crippen LogP contribution in [0.3, 0.4) is 0 Å². The van der Waals surface area contributed by atoms with Crippen molar-refractivity contribution in [1.29, 1.82) is 0 Å². The third-order valence-corrected chi connectivity index (χ3v) is 4.61. The van der Waals surface area contributed by atoms with E-state index in [0.717, 1.165) is 11.1 Å². The van der Waals surface area contributed by atoms with Crippen LogP contribution < -0.4 is 10.3 Å². The van der Waals surface area contributed by atoms with Crippen molar-refractivity contribution >= 4 is 27.8 Å². The smallest absolute Gasteiger partial charge is 0.283 e. The summed E-state index contributed by atoms with van der Waals surface area (Å²) in [7, 11) is 1.59. The van der Waals surface area contributed by atoms with Gasteiger partial charge in [0.05, 0.1) is 25.0 Å². The van der Waals surface area contributed by atoms with Crippen molar-refractivity contribution in [3.05, 3.63) is 70.3 Å². The number of ether oxygens (including phenoxy) is 1. The Morgan fingerprint density at radius 3 is 2.96 bits per heavy atom. The molecule has 0 amide bonds. The summed E-state index contributed by atoms with van der Waals surface area (Å²) in [6, 6.07) is 11.0. The van der Waals surface area contributed by atoms with Crippen LogP contribution in [0.15, 0.2) is 68.7 Å². The number of aromatic nitrogens is 2. The van der Waals surface area contributed by atoms with Crippen molar-refractivity contribution in [3.8, 4) is 17.1 Å². The average Bonchev–Trinajstić information content (AvgIpc) is 3.31. The summed E-state index contributed by atoms with van der Waals surface area (Å²) >= 11 is 1.40. The van der Waals surface area contributed by atoms with Gasteiger partial charge in [-0.3, -0.25) is 4.79 Å². The molecule has 3 aromatic heterocycles. The molecule has 0 aliphatic rings. The molecule has 0 bridgehead atoms. The first-order valence-corrected chi connectivity index (χ1v) is 8.36. The largest absolute Gasteiger partial charge is 0.496 e. The van der Waals surface area contributed by atoms with Gasteiger partial charge in [0.2, 0.25) is 0 Å². The Morgan fingerprint density at radius 1 is 1.28 bits per heavy atom. The number of thiophene rings is 1. The van der Waals surface area contributed by atoms with Crippen LogP contribution in [0, 0.1) is 0 Å². The van der Waals surface area contributed by atoms with E-state index in [1.807, 2.05) is 35.7 Å². The second-order valence-corrected chi connectivity index (χ2v) is 6.05. The molecule has 0 saturated heterocycles. The quantitative estimate of drug-likeness (QED) is 0.527. The molecule has 0 atom stereocenters. The van der Waals surface area contributed by atoms with Crippen LogP contribution in [0.5, 0.6) is 5.75 Å². The molecule has 4 aromatic rings. The zero-order valence-corrected chi connectivity index (χ0v) is 14.1. The standard InChI is InChI=1S/C18H13N3O3S/c1-23-14-6-3-2-5-12(14)9-20-21-11-19-17-16(18(21)22)13(10-25-17)15-7-4-8-24-15/h2-11H,1H3/b20-9-. The van der Waals surface area contributed by atoms with Gasteiger partial charge in [-0.25, -0.2) is 4.98 Å². The van der Waals surface area contributed by atoms with Crippen LogP contribution in [0.2, 0.25) is 0 Å². The number of nitrogens with zero attached hydrogens (tertiary/aromatic N) is 3. The maximum absolute atomic E-state index is 12.8. The van der Waals surface area contributed by atoms with Crippen molar-refractivity contribution < 1.29 is 9.15 Å². The van der Waals surface area contributed by atoms with Crippen molar-refractivity contribution in [2.24, 2.45) is 5.10 Å². The number of rotatable bonds is 4. The minimum absolute atomic E-state index is 0.246. The van der Waals surface area contributed by atoms with Gasteiger partial charge in [0.15, 0.2) is 0 Å². The highest BCUT2D eigenvalue weighted by atomic mass is 32.1. The molecule has 4 rings (SSSR count). The fourth-order valence-electron chi connectivity index (χ4n) is 2.52. The first-order valence-electron chi connectivity index (χ1n) is 7.48. The predicted molar refractivity (Wildman–Crippen MR) is 97.6 cm³/mol. The molecule has 7 heteroatoms. The van der Waals surface area contributed by atoms with Gasteiger partial charge in [0, 0.05) is 16.5 Å². The Morgan fingerprint density at radius 2 is 2.16 bits per heavy atom. The molecule has 25 heavy (non-hydrogen) atoms. The number of para-hydroxylation sites is 1. The van der Waals surface area contributed by atoms with Gasteiger partial charge < -0.3 is 9.15 Å². The molecule has 0 N–H and O–H groups in total. The highest BCUT2D eigenvalue weighted by Crippen LogP contribution is 2.30. The van der Waals surface area contributed by atoms with E-state index in [9.17, 15) is 4.79 Å². The van der Waals surface area contributed by atoms with Gasteiger partial charge in [0.1, 0.15) is 22.7 Å². The molecule has 0 radical (unpaired) electrons. The number of methoxy groups -OCH3 is 1. The summed E-state index contributed by atoms with van der Waals surface area (Å²) < 4.78 is 11.9. The summed E-state index contributed by atoms with van der Waals surface area (Å²) in [5.41, 5.74) is 1.25. The predicted octanol–water partition coefficient (Wildman–Crippen LogP) is 3.61. The Bertz CT molecular complexity index is 1110. The molecule has 0 unspecified atom stereocenters. The second kappa shape index (κ2) is 6.37. The van der Waals surface area contributed by atoms with E-state index in [0.29, 0.717) is 21.7 Å². The lowest BCUT2D eigenvalue weighted by atomic mass is 10.2. The van der Waals surface area contributed by atoms with Gasteiger partial charge in [-0.1, -0.05) is 12.1 Å². The Hall–Kier alpha value is -3.19. The van der Waals surface area contributed by atoms with E-state index < -0.39 is 0 Å². The van der Waals surface area contributed by atoms with Gasteiger partial charge >= 0.3 is 0 Å². The summed E-state index contributed by atoms with van der Waals surface area (Å²) in [4.78, 5) is 17.8. The molecule has 0 saturated carbocycles. The van der Waals surface area contributed by atoms with Crippen LogP contribution in [0.25, 0.3) is 21.5 Å².